The molecule has 0 fully saturated rings. The molecule has 0 heterocycles. The van der Waals surface area contributed by atoms with Crippen molar-refractivity contribution in [3.63, 3.8) is 0 Å². The molecule has 0 saturated carbocycles. The fourth-order valence-corrected chi connectivity index (χ4v) is 3.56. The molecule has 1 amide bonds. The number of carbonyl (C=O) groups is 2. The molecule has 0 saturated heterocycles. The van der Waals surface area contributed by atoms with Gasteiger partial charge in [-0.25, -0.2) is 4.79 Å². The van der Waals surface area contributed by atoms with E-state index < -0.39 is 18.2 Å². The zero-order valence-corrected chi connectivity index (χ0v) is 18.8. The summed E-state index contributed by atoms with van der Waals surface area (Å²) >= 11 is 0. The van der Waals surface area contributed by atoms with E-state index in [0.29, 0.717) is 29.7 Å². The predicted molar refractivity (Wildman–Crippen MR) is 122 cm³/mol. The summed E-state index contributed by atoms with van der Waals surface area (Å²) < 4.78 is 45.9. The highest BCUT2D eigenvalue weighted by Gasteiger charge is 2.31. The number of anilines is 1. The number of rotatable bonds is 7. The SMILES string of the molecule is COC(=O)C(=O)N(CCCc1ccccc1)c1ccc(C)c(-c2ccc(OC(F)(F)F)cc2)c1. The number of amides is 1. The van der Waals surface area contributed by atoms with Crippen LogP contribution in [-0.2, 0) is 20.7 Å². The van der Waals surface area contributed by atoms with Crippen molar-refractivity contribution in [3.8, 4) is 16.9 Å². The molecule has 0 N–H and O–H groups in total. The van der Waals surface area contributed by atoms with Crippen molar-refractivity contribution in [2.45, 2.75) is 26.1 Å². The van der Waals surface area contributed by atoms with E-state index >= 15 is 0 Å². The molecule has 3 aromatic rings. The van der Waals surface area contributed by atoms with Crippen molar-refractivity contribution in [2.24, 2.45) is 0 Å². The monoisotopic (exact) mass is 471 g/mol. The third-order valence-corrected chi connectivity index (χ3v) is 5.23. The molecule has 178 valence electrons. The van der Waals surface area contributed by atoms with E-state index in [4.69, 9.17) is 0 Å². The minimum absolute atomic E-state index is 0.281. The fourth-order valence-electron chi connectivity index (χ4n) is 3.56. The van der Waals surface area contributed by atoms with Gasteiger partial charge >= 0.3 is 18.2 Å². The van der Waals surface area contributed by atoms with Gasteiger partial charge in [-0.3, -0.25) is 4.79 Å². The van der Waals surface area contributed by atoms with E-state index in [0.717, 1.165) is 18.2 Å². The summed E-state index contributed by atoms with van der Waals surface area (Å²) in [4.78, 5) is 26.1. The Hall–Kier alpha value is -3.81. The van der Waals surface area contributed by atoms with Crippen molar-refractivity contribution in [3.05, 3.63) is 83.9 Å². The zero-order chi connectivity index (χ0) is 24.7. The Kier molecular flexibility index (Phi) is 7.94. The second kappa shape index (κ2) is 10.9. The summed E-state index contributed by atoms with van der Waals surface area (Å²) in [6.07, 6.45) is -3.45. The number of ether oxygens (including phenoxy) is 2. The Labute approximate surface area is 195 Å². The number of aryl methyl sites for hydroxylation is 2. The van der Waals surface area contributed by atoms with E-state index in [-0.39, 0.29) is 12.3 Å². The summed E-state index contributed by atoms with van der Waals surface area (Å²) in [5.41, 5.74) is 3.80. The van der Waals surface area contributed by atoms with Crippen molar-refractivity contribution in [2.75, 3.05) is 18.6 Å². The topological polar surface area (TPSA) is 55.8 Å². The molecule has 3 rings (SSSR count). The first-order valence-electron chi connectivity index (χ1n) is 10.6. The number of hydrogen-bond acceptors (Lipinski definition) is 4. The molecular weight excluding hydrogens is 447 g/mol. The fraction of sp³-hybridized carbons (Fsp3) is 0.231. The van der Waals surface area contributed by atoms with Crippen LogP contribution in [-0.4, -0.2) is 31.9 Å². The maximum Gasteiger partial charge on any atom is 0.573 e. The average molecular weight is 471 g/mol. The predicted octanol–water partition coefficient (Wildman–Crippen LogP) is 5.70. The molecule has 0 aromatic heterocycles. The van der Waals surface area contributed by atoms with Gasteiger partial charge in [-0.05, 0) is 66.3 Å². The first kappa shape index (κ1) is 24.8. The number of alkyl halides is 3. The molecule has 34 heavy (non-hydrogen) atoms. The Balaban J connectivity index is 1.86. The number of benzene rings is 3. The van der Waals surface area contributed by atoms with Gasteiger partial charge in [0, 0.05) is 12.2 Å². The second-order valence-electron chi connectivity index (χ2n) is 7.61. The van der Waals surface area contributed by atoms with Crippen LogP contribution < -0.4 is 9.64 Å². The lowest BCUT2D eigenvalue weighted by molar-refractivity contribution is -0.274. The third kappa shape index (κ3) is 6.60. The molecule has 0 spiro atoms. The summed E-state index contributed by atoms with van der Waals surface area (Å²) in [5, 5.41) is 0. The number of carbonyl (C=O) groups excluding carboxylic acids is 2. The Morgan fingerprint density at radius 3 is 2.24 bits per heavy atom. The minimum Gasteiger partial charge on any atom is -0.462 e. The van der Waals surface area contributed by atoms with E-state index in [1.165, 1.54) is 29.2 Å². The van der Waals surface area contributed by atoms with Crippen LogP contribution in [0.5, 0.6) is 5.75 Å². The van der Waals surface area contributed by atoms with Gasteiger partial charge in [0.15, 0.2) is 0 Å². The van der Waals surface area contributed by atoms with Crippen molar-refractivity contribution in [1.82, 2.24) is 0 Å². The second-order valence-corrected chi connectivity index (χ2v) is 7.61. The van der Waals surface area contributed by atoms with Crippen LogP contribution in [0.1, 0.15) is 17.5 Å². The van der Waals surface area contributed by atoms with E-state index in [1.807, 2.05) is 37.3 Å². The van der Waals surface area contributed by atoms with Gasteiger partial charge in [-0.15, -0.1) is 13.2 Å². The number of esters is 1. The normalized spacial score (nSPS) is 11.1. The molecule has 0 unspecified atom stereocenters. The zero-order valence-electron chi connectivity index (χ0n) is 18.8. The van der Waals surface area contributed by atoms with Gasteiger partial charge in [0.25, 0.3) is 0 Å². The first-order chi connectivity index (χ1) is 16.2. The molecule has 0 aliphatic carbocycles. The quantitative estimate of drug-likeness (QED) is 0.328. The van der Waals surface area contributed by atoms with Crippen LogP contribution in [0.3, 0.4) is 0 Å². The average Bonchev–Trinajstić information content (AvgIpc) is 2.82. The van der Waals surface area contributed by atoms with E-state index in [2.05, 4.69) is 9.47 Å². The van der Waals surface area contributed by atoms with Crippen LogP contribution >= 0.6 is 0 Å². The molecular formula is C26H24F3NO4. The van der Waals surface area contributed by atoms with Gasteiger partial charge in [0.1, 0.15) is 5.75 Å². The maximum atomic E-state index is 12.8. The summed E-state index contributed by atoms with van der Waals surface area (Å²) in [7, 11) is 1.15. The van der Waals surface area contributed by atoms with Crippen molar-refractivity contribution >= 4 is 17.6 Å². The summed E-state index contributed by atoms with van der Waals surface area (Å²) in [5.74, 6) is -2.09. The van der Waals surface area contributed by atoms with Crippen LogP contribution in [0.25, 0.3) is 11.1 Å². The Bertz CT molecular complexity index is 1130. The van der Waals surface area contributed by atoms with Crippen LogP contribution in [0, 0.1) is 6.92 Å². The number of halogens is 3. The lowest BCUT2D eigenvalue weighted by atomic mass is 9.99. The molecule has 3 aromatic carbocycles. The van der Waals surface area contributed by atoms with Crippen LogP contribution in [0.2, 0.25) is 0 Å². The minimum atomic E-state index is -4.77. The Morgan fingerprint density at radius 1 is 0.941 bits per heavy atom. The van der Waals surface area contributed by atoms with Gasteiger partial charge in [-0.2, -0.15) is 0 Å². The maximum absolute atomic E-state index is 12.8. The summed E-state index contributed by atoms with van der Waals surface area (Å²) in [6.45, 7) is 2.13. The van der Waals surface area contributed by atoms with Crippen LogP contribution in [0.4, 0.5) is 18.9 Å². The largest absolute Gasteiger partial charge is 0.573 e. The van der Waals surface area contributed by atoms with Gasteiger partial charge in [0.05, 0.1) is 7.11 Å². The highest BCUT2D eigenvalue weighted by molar-refractivity contribution is 6.38. The molecule has 0 atom stereocenters. The molecule has 8 heteroatoms. The van der Waals surface area contributed by atoms with Crippen LogP contribution in [0.15, 0.2) is 72.8 Å². The van der Waals surface area contributed by atoms with Crippen molar-refractivity contribution in [1.29, 1.82) is 0 Å². The molecule has 0 aliphatic rings. The van der Waals surface area contributed by atoms with E-state index in [9.17, 15) is 22.8 Å². The molecule has 0 aliphatic heterocycles. The molecule has 0 radical (unpaired) electrons. The highest BCUT2D eigenvalue weighted by Crippen LogP contribution is 2.31. The smallest absolute Gasteiger partial charge is 0.462 e. The molecule has 0 bridgehead atoms. The number of methoxy groups -OCH3 is 1. The third-order valence-electron chi connectivity index (χ3n) is 5.23. The van der Waals surface area contributed by atoms with Gasteiger partial charge in [0.2, 0.25) is 0 Å². The van der Waals surface area contributed by atoms with Gasteiger partial charge in [-0.1, -0.05) is 48.5 Å². The lowest BCUT2D eigenvalue weighted by Gasteiger charge is -2.23. The standard InChI is InChI=1S/C26H24F3NO4/c1-18-10-13-21(17-23(18)20-11-14-22(15-12-20)34-26(27,28)29)30(24(31)25(32)33-2)16-6-9-19-7-4-3-5-8-19/h3-5,7-8,10-15,17H,6,9,16H2,1-2H3. The highest BCUT2D eigenvalue weighted by atomic mass is 19.4. The van der Waals surface area contributed by atoms with E-state index in [1.54, 1.807) is 18.2 Å². The number of hydrogen-bond donors (Lipinski definition) is 0. The van der Waals surface area contributed by atoms with Gasteiger partial charge < -0.3 is 14.4 Å². The summed E-state index contributed by atoms with van der Waals surface area (Å²) in [6, 6.07) is 20.5. The Morgan fingerprint density at radius 2 is 1.62 bits per heavy atom. The molecule has 5 nitrogen and oxygen atoms in total. The van der Waals surface area contributed by atoms with Crippen molar-refractivity contribution < 1.29 is 32.2 Å². The number of nitrogens with zero attached hydrogens (tertiary/aromatic N) is 1. The lowest BCUT2D eigenvalue weighted by Crippen LogP contribution is -2.38. The first-order valence-corrected chi connectivity index (χ1v) is 10.6.